The van der Waals surface area contributed by atoms with E-state index in [-0.39, 0.29) is 30.7 Å². The Balaban J connectivity index is 1.48. The van der Waals surface area contributed by atoms with Crippen molar-refractivity contribution in [3.05, 3.63) is 65.5 Å². The summed E-state index contributed by atoms with van der Waals surface area (Å²) in [7, 11) is 0. The van der Waals surface area contributed by atoms with Crippen LogP contribution in [0.4, 0.5) is 10.8 Å². The molecule has 0 aliphatic rings. The van der Waals surface area contributed by atoms with Crippen LogP contribution in [0.15, 0.2) is 60.0 Å². The Bertz CT molecular complexity index is 1000. The minimum Gasteiger partial charge on any atom is -0.352 e. The normalized spacial score (nSPS) is 10.2. The summed E-state index contributed by atoms with van der Waals surface area (Å²) in [5, 5.41) is 10.5. The third-order valence-corrected chi connectivity index (χ3v) is 4.68. The van der Waals surface area contributed by atoms with Gasteiger partial charge in [0.25, 0.3) is 5.91 Å². The fourth-order valence-corrected chi connectivity index (χ4v) is 3.29. The summed E-state index contributed by atoms with van der Waals surface area (Å²) >= 11 is 1.32. The van der Waals surface area contributed by atoms with E-state index in [0.717, 1.165) is 11.3 Å². The van der Waals surface area contributed by atoms with Crippen LogP contribution in [-0.2, 0) is 9.59 Å². The molecule has 148 valence electrons. The lowest BCUT2D eigenvalue weighted by molar-refractivity contribution is -0.116. The molecule has 1 heterocycles. The standard InChI is InChI=1S/C21H20N4O3S/c1-14(26)23-17-9-7-15(8-10-17)18-13-29-21(24-18)25-19(27)11-12-22-20(28)16-5-3-2-4-6-16/h2-10,13H,11-12H2,1H3,(H,22,28)(H,23,26)(H,24,25,27). The Labute approximate surface area is 172 Å². The van der Waals surface area contributed by atoms with E-state index in [4.69, 9.17) is 0 Å². The molecule has 0 unspecified atom stereocenters. The highest BCUT2D eigenvalue weighted by atomic mass is 32.1. The van der Waals surface area contributed by atoms with Crippen molar-refractivity contribution in [3.8, 4) is 11.3 Å². The van der Waals surface area contributed by atoms with E-state index in [2.05, 4.69) is 20.9 Å². The number of nitrogens with one attached hydrogen (secondary N) is 3. The Hall–Kier alpha value is -3.52. The van der Waals surface area contributed by atoms with Gasteiger partial charge in [0.2, 0.25) is 11.8 Å². The second-order valence-corrected chi connectivity index (χ2v) is 7.07. The van der Waals surface area contributed by atoms with E-state index >= 15 is 0 Å². The maximum Gasteiger partial charge on any atom is 0.251 e. The number of anilines is 2. The molecule has 0 spiro atoms. The van der Waals surface area contributed by atoms with Gasteiger partial charge in [-0.1, -0.05) is 30.3 Å². The molecule has 7 nitrogen and oxygen atoms in total. The monoisotopic (exact) mass is 408 g/mol. The lowest BCUT2D eigenvalue weighted by Gasteiger charge is -2.05. The van der Waals surface area contributed by atoms with Gasteiger partial charge >= 0.3 is 0 Å². The number of nitrogens with zero attached hydrogens (tertiary/aromatic N) is 1. The van der Waals surface area contributed by atoms with Crippen LogP contribution in [0.3, 0.4) is 0 Å². The smallest absolute Gasteiger partial charge is 0.251 e. The van der Waals surface area contributed by atoms with E-state index in [0.29, 0.717) is 16.4 Å². The maximum absolute atomic E-state index is 12.1. The average Bonchev–Trinajstić information content (AvgIpc) is 3.17. The van der Waals surface area contributed by atoms with Gasteiger partial charge in [-0.3, -0.25) is 14.4 Å². The first-order chi connectivity index (χ1) is 14.0. The number of rotatable bonds is 7. The van der Waals surface area contributed by atoms with Crippen LogP contribution in [0.2, 0.25) is 0 Å². The Kier molecular flexibility index (Phi) is 6.70. The second kappa shape index (κ2) is 9.61. The highest BCUT2D eigenvalue weighted by molar-refractivity contribution is 7.14. The number of hydrogen-bond donors (Lipinski definition) is 3. The Morgan fingerprint density at radius 1 is 0.966 bits per heavy atom. The number of aromatic nitrogens is 1. The molecule has 3 N–H and O–H groups in total. The molecule has 0 atom stereocenters. The minimum atomic E-state index is -0.222. The molecule has 8 heteroatoms. The van der Waals surface area contributed by atoms with E-state index in [1.165, 1.54) is 18.3 Å². The number of hydrogen-bond acceptors (Lipinski definition) is 5. The van der Waals surface area contributed by atoms with Gasteiger partial charge in [-0.05, 0) is 24.3 Å². The third kappa shape index (κ3) is 5.98. The summed E-state index contributed by atoms with van der Waals surface area (Å²) in [5.41, 5.74) is 2.88. The topological polar surface area (TPSA) is 100 Å². The third-order valence-electron chi connectivity index (χ3n) is 3.93. The Morgan fingerprint density at radius 3 is 2.38 bits per heavy atom. The fraction of sp³-hybridized carbons (Fsp3) is 0.143. The number of benzene rings is 2. The number of thiazole rings is 1. The molecule has 0 saturated heterocycles. The maximum atomic E-state index is 12.1. The summed E-state index contributed by atoms with van der Waals surface area (Å²) < 4.78 is 0. The summed E-state index contributed by atoms with van der Waals surface area (Å²) in [4.78, 5) is 39.5. The predicted octanol–water partition coefficient (Wildman–Crippen LogP) is 3.53. The zero-order valence-corrected chi connectivity index (χ0v) is 16.6. The van der Waals surface area contributed by atoms with Gasteiger partial charge in [0.15, 0.2) is 5.13 Å². The molecule has 3 aromatic rings. The quantitative estimate of drug-likeness (QED) is 0.557. The molecule has 0 bridgehead atoms. The molecular weight excluding hydrogens is 388 g/mol. The molecule has 0 aliphatic carbocycles. The summed E-state index contributed by atoms with van der Waals surface area (Å²) in [6, 6.07) is 16.1. The zero-order valence-electron chi connectivity index (χ0n) is 15.8. The van der Waals surface area contributed by atoms with Crippen molar-refractivity contribution < 1.29 is 14.4 Å². The lowest BCUT2D eigenvalue weighted by atomic mass is 10.1. The molecule has 0 fully saturated rings. The van der Waals surface area contributed by atoms with E-state index in [1.807, 2.05) is 23.6 Å². The Morgan fingerprint density at radius 2 is 1.69 bits per heavy atom. The molecule has 2 aromatic carbocycles. The first-order valence-electron chi connectivity index (χ1n) is 8.98. The summed E-state index contributed by atoms with van der Waals surface area (Å²) in [5.74, 6) is -0.561. The molecule has 29 heavy (non-hydrogen) atoms. The summed E-state index contributed by atoms with van der Waals surface area (Å²) in [6.07, 6.45) is 0.152. The lowest BCUT2D eigenvalue weighted by Crippen LogP contribution is -2.27. The molecule has 1 aromatic heterocycles. The zero-order chi connectivity index (χ0) is 20.6. The van der Waals surface area contributed by atoms with Crippen molar-refractivity contribution in [2.24, 2.45) is 0 Å². The van der Waals surface area contributed by atoms with Crippen LogP contribution in [0.5, 0.6) is 0 Å². The highest BCUT2D eigenvalue weighted by Gasteiger charge is 2.10. The summed E-state index contributed by atoms with van der Waals surface area (Å²) in [6.45, 7) is 1.69. The molecule has 3 rings (SSSR count). The van der Waals surface area contributed by atoms with Crippen molar-refractivity contribution in [2.75, 3.05) is 17.2 Å². The van der Waals surface area contributed by atoms with Gasteiger partial charge in [-0.2, -0.15) is 0 Å². The molecule has 0 aliphatic heterocycles. The SMILES string of the molecule is CC(=O)Nc1ccc(-c2csc(NC(=O)CCNC(=O)c3ccccc3)n2)cc1. The van der Waals surface area contributed by atoms with E-state index in [9.17, 15) is 14.4 Å². The van der Waals surface area contributed by atoms with Gasteiger partial charge in [0, 0.05) is 42.1 Å². The van der Waals surface area contributed by atoms with Gasteiger partial charge in [0.05, 0.1) is 5.69 Å². The van der Waals surface area contributed by atoms with Gasteiger partial charge in [-0.25, -0.2) is 4.98 Å². The highest BCUT2D eigenvalue weighted by Crippen LogP contribution is 2.26. The van der Waals surface area contributed by atoms with E-state index in [1.54, 1.807) is 36.4 Å². The van der Waals surface area contributed by atoms with Crippen molar-refractivity contribution in [3.63, 3.8) is 0 Å². The predicted molar refractivity (Wildman–Crippen MR) is 114 cm³/mol. The second-order valence-electron chi connectivity index (χ2n) is 6.22. The molecule has 3 amide bonds. The first kappa shape index (κ1) is 20.2. The number of amides is 3. The van der Waals surface area contributed by atoms with Crippen LogP contribution < -0.4 is 16.0 Å². The van der Waals surface area contributed by atoms with Gasteiger partial charge in [0.1, 0.15) is 0 Å². The largest absolute Gasteiger partial charge is 0.352 e. The van der Waals surface area contributed by atoms with Crippen LogP contribution in [0.1, 0.15) is 23.7 Å². The van der Waals surface area contributed by atoms with Crippen molar-refractivity contribution in [1.29, 1.82) is 0 Å². The average molecular weight is 408 g/mol. The first-order valence-corrected chi connectivity index (χ1v) is 9.86. The van der Waals surface area contributed by atoms with Crippen LogP contribution in [-0.4, -0.2) is 29.3 Å². The van der Waals surface area contributed by atoms with Crippen LogP contribution in [0, 0.1) is 0 Å². The number of carbonyl (C=O) groups is 3. The van der Waals surface area contributed by atoms with Crippen LogP contribution in [0.25, 0.3) is 11.3 Å². The fourth-order valence-electron chi connectivity index (χ4n) is 2.55. The van der Waals surface area contributed by atoms with Crippen molar-refractivity contribution >= 4 is 39.9 Å². The molecular formula is C21H20N4O3S. The van der Waals surface area contributed by atoms with E-state index < -0.39 is 0 Å². The molecule has 0 saturated carbocycles. The number of carbonyl (C=O) groups excluding carboxylic acids is 3. The van der Waals surface area contributed by atoms with Crippen molar-refractivity contribution in [1.82, 2.24) is 10.3 Å². The van der Waals surface area contributed by atoms with Crippen molar-refractivity contribution in [2.45, 2.75) is 13.3 Å². The van der Waals surface area contributed by atoms with Crippen LogP contribution >= 0.6 is 11.3 Å². The molecule has 0 radical (unpaired) electrons. The van der Waals surface area contributed by atoms with Gasteiger partial charge in [-0.15, -0.1) is 11.3 Å². The minimum absolute atomic E-state index is 0.128. The van der Waals surface area contributed by atoms with Gasteiger partial charge < -0.3 is 16.0 Å².